The molecule has 0 fully saturated rings. The molecule has 1 aromatic rings. The molecular weight excluding hydrogens is 253 g/mol. The number of hydrogen-bond donors (Lipinski definition) is 2. The predicted octanol–water partition coefficient (Wildman–Crippen LogP) is 0.436. The van der Waals surface area contributed by atoms with Gasteiger partial charge in [0.2, 0.25) is 0 Å². The van der Waals surface area contributed by atoms with Gasteiger partial charge in [0.05, 0.1) is 12.7 Å². The molecule has 0 unspecified atom stereocenters. The van der Waals surface area contributed by atoms with Gasteiger partial charge >= 0.3 is 12.1 Å². The summed E-state index contributed by atoms with van der Waals surface area (Å²) in [7, 11) is 1.10. The molecule has 3 N–H and O–H groups in total. The minimum atomic E-state index is -4.58. The van der Waals surface area contributed by atoms with E-state index in [-0.39, 0.29) is 12.0 Å². The lowest BCUT2D eigenvalue weighted by Gasteiger charge is -2.11. The summed E-state index contributed by atoms with van der Waals surface area (Å²) in [5, 5.41) is 0. The van der Waals surface area contributed by atoms with Crippen molar-refractivity contribution in [2.24, 2.45) is 5.73 Å². The van der Waals surface area contributed by atoms with Crippen LogP contribution in [0.2, 0.25) is 0 Å². The van der Waals surface area contributed by atoms with Gasteiger partial charge in [0.25, 0.3) is 5.56 Å². The number of alkyl halides is 3. The standard InChI is InChI=1S/C10H11F3N2O3/c1-18-9(17)7(14)3-5-2-6(10(11,12)13)4-15-8(5)16/h2,4,7H,3,14H2,1H3,(H,15,16)/t7-/m0/s1. The fourth-order valence-corrected chi connectivity index (χ4v) is 1.32. The fraction of sp³-hybridized carbons (Fsp3) is 0.400. The zero-order valence-electron chi connectivity index (χ0n) is 9.38. The first-order chi connectivity index (χ1) is 8.25. The molecule has 0 aliphatic rings. The van der Waals surface area contributed by atoms with Crippen molar-refractivity contribution in [3.8, 4) is 0 Å². The van der Waals surface area contributed by atoms with E-state index in [1.54, 1.807) is 0 Å². The van der Waals surface area contributed by atoms with Crippen molar-refractivity contribution in [2.45, 2.75) is 18.6 Å². The number of carbonyl (C=O) groups is 1. The molecule has 100 valence electrons. The first kappa shape index (κ1) is 14.2. The minimum Gasteiger partial charge on any atom is -0.468 e. The van der Waals surface area contributed by atoms with Crippen LogP contribution < -0.4 is 11.3 Å². The molecule has 18 heavy (non-hydrogen) atoms. The van der Waals surface area contributed by atoms with E-state index >= 15 is 0 Å². The van der Waals surface area contributed by atoms with Crippen molar-refractivity contribution in [1.29, 1.82) is 0 Å². The van der Waals surface area contributed by atoms with E-state index in [0.29, 0.717) is 12.3 Å². The Morgan fingerprint density at radius 2 is 2.17 bits per heavy atom. The van der Waals surface area contributed by atoms with Crippen LogP contribution in [0.4, 0.5) is 13.2 Å². The van der Waals surface area contributed by atoms with Crippen molar-refractivity contribution in [3.05, 3.63) is 33.7 Å². The summed E-state index contributed by atoms with van der Waals surface area (Å²) in [6.07, 6.45) is -4.34. The van der Waals surface area contributed by atoms with E-state index in [1.165, 1.54) is 0 Å². The van der Waals surface area contributed by atoms with Gasteiger partial charge in [-0.3, -0.25) is 9.59 Å². The molecule has 0 amide bonds. The maximum absolute atomic E-state index is 12.4. The minimum absolute atomic E-state index is 0.220. The van der Waals surface area contributed by atoms with Gasteiger partial charge in [-0.1, -0.05) is 0 Å². The number of aromatic nitrogens is 1. The van der Waals surface area contributed by atoms with E-state index in [9.17, 15) is 22.8 Å². The average molecular weight is 264 g/mol. The zero-order chi connectivity index (χ0) is 13.9. The second kappa shape index (κ2) is 5.21. The van der Waals surface area contributed by atoms with Crippen LogP contribution in [0.1, 0.15) is 11.1 Å². The molecule has 5 nitrogen and oxygen atoms in total. The van der Waals surface area contributed by atoms with Gasteiger partial charge in [-0.2, -0.15) is 13.2 Å². The zero-order valence-corrected chi connectivity index (χ0v) is 9.38. The summed E-state index contributed by atoms with van der Waals surface area (Å²) in [6, 6.07) is -0.513. The van der Waals surface area contributed by atoms with E-state index in [1.807, 2.05) is 4.98 Å². The van der Waals surface area contributed by atoms with E-state index in [0.717, 1.165) is 7.11 Å². The number of hydrogen-bond acceptors (Lipinski definition) is 4. The third-order valence-electron chi connectivity index (χ3n) is 2.25. The highest BCUT2D eigenvalue weighted by Crippen LogP contribution is 2.28. The average Bonchev–Trinajstić information content (AvgIpc) is 2.29. The summed E-state index contributed by atoms with van der Waals surface area (Å²) >= 11 is 0. The molecule has 0 bridgehead atoms. The van der Waals surface area contributed by atoms with Crippen LogP contribution in [0, 0.1) is 0 Å². The second-order valence-electron chi connectivity index (χ2n) is 3.57. The maximum atomic E-state index is 12.4. The number of H-pyrrole nitrogens is 1. The Morgan fingerprint density at radius 3 is 2.67 bits per heavy atom. The second-order valence-corrected chi connectivity index (χ2v) is 3.57. The van der Waals surface area contributed by atoms with E-state index in [4.69, 9.17) is 5.73 Å². The largest absolute Gasteiger partial charge is 0.468 e. The predicted molar refractivity (Wildman–Crippen MR) is 55.8 cm³/mol. The summed E-state index contributed by atoms with van der Waals surface area (Å²) in [4.78, 5) is 24.3. The van der Waals surface area contributed by atoms with Gasteiger partial charge in [0, 0.05) is 18.2 Å². The molecule has 1 aromatic heterocycles. The van der Waals surface area contributed by atoms with Crippen LogP contribution in [-0.2, 0) is 22.1 Å². The first-order valence-corrected chi connectivity index (χ1v) is 4.88. The number of pyridine rings is 1. The van der Waals surface area contributed by atoms with E-state index in [2.05, 4.69) is 4.74 Å². The lowest BCUT2D eigenvalue weighted by Crippen LogP contribution is -2.35. The number of rotatable bonds is 3. The SMILES string of the molecule is COC(=O)[C@@H](N)Cc1cc(C(F)(F)F)c[nH]c1=O. The number of carbonyl (C=O) groups excluding carboxylic acids is 1. The summed E-state index contributed by atoms with van der Waals surface area (Å²) < 4.78 is 41.6. The third-order valence-corrected chi connectivity index (χ3v) is 2.25. The molecule has 1 heterocycles. The number of esters is 1. The van der Waals surface area contributed by atoms with Crippen LogP contribution in [0.5, 0.6) is 0 Å². The number of nitrogens with one attached hydrogen (secondary N) is 1. The number of aromatic amines is 1. The Hall–Kier alpha value is -1.83. The van der Waals surface area contributed by atoms with Crippen molar-refractivity contribution >= 4 is 5.97 Å². The van der Waals surface area contributed by atoms with Crippen LogP contribution >= 0.6 is 0 Å². The number of methoxy groups -OCH3 is 1. The van der Waals surface area contributed by atoms with Crippen LogP contribution in [0.15, 0.2) is 17.1 Å². The fourth-order valence-electron chi connectivity index (χ4n) is 1.32. The molecule has 0 radical (unpaired) electrons. The van der Waals surface area contributed by atoms with Crippen molar-refractivity contribution < 1.29 is 22.7 Å². The van der Waals surface area contributed by atoms with Crippen LogP contribution in [0.25, 0.3) is 0 Å². The summed E-state index contributed by atoms with van der Waals surface area (Å²) in [5.41, 5.74) is 3.43. The molecule has 8 heteroatoms. The summed E-state index contributed by atoms with van der Waals surface area (Å²) in [5.74, 6) is -0.799. The highest BCUT2D eigenvalue weighted by molar-refractivity contribution is 5.75. The van der Waals surface area contributed by atoms with Gasteiger partial charge in [0.1, 0.15) is 6.04 Å². The number of ether oxygens (including phenoxy) is 1. The van der Waals surface area contributed by atoms with Crippen molar-refractivity contribution in [3.63, 3.8) is 0 Å². The molecule has 0 aliphatic carbocycles. The molecular formula is C10H11F3N2O3. The quantitative estimate of drug-likeness (QED) is 0.775. The molecule has 0 saturated heterocycles. The molecule has 0 aliphatic heterocycles. The highest BCUT2D eigenvalue weighted by Gasteiger charge is 2.31. The van der Waals surface area contributed by atoms with Gasteiger partial charge < -0.3 is 15.5 Å². The maximum Gasteiger partial charge on any atom is 0.417 e. The Bertz CT molecular complexity index is 496. The van der Waals surface area contributed by atoms with Gasteiger partial charge in [-0.15, -0.1) is 0 Å². The molecule has 0 saturated carbocycles. The number of halogens is 3. The molecule has 1 atom stereocenters. The lowest BCUT2D eigenvalue weighted by atomic mass is 10.1. The van der Waals surface area contributed by atoms with Crippen molar-refractivity contribution in [2.75, 3.05) is 7.11 Å². The van der Waals surface area contributed by atoms with E-state index < -0.39 is 29.3 Å². The lowest BCUT2D eigenvalue weighted by molar-refractivity contribution is -0.142. The topological polar surface area (TPSA) is 85.2 Å². The van der Waals surface area contributed by atoms with Gasteiger partial charge in [0.15, 0.2) is 0 Å². The first-order valence-electron chi connectivity index (χ1n) is 4.88. The molecule has 0 spiro atoms. The smallest absolute Gasteiger partial charge is 0.417 e. The Labute approximate surface area is 99.7 Å². The monoisotopic (exact) mass is 264 g/mol. The van der Waals surface area contributed by atoms with Gasteiger partial charge in [-0.05, 0) is 6.07 Å². The van der Waals surface area contributed by atoms with Crippen LogP contribution in [0.3, 0.4) is 0 Å². The number of nitrogens with two attached hydrogens (primary N) is 1. The van der Waals surface area contributed by atoms with Crippen molar-refractivity contribution in [1.82, 2.24) is 4.98 Å². The Morgan fingerprint density at radius 1 is 1.56 bits per heavy atom. The molecule has 0 aromatic carbocycles. The normalized spacial score (nSPS) is 13.2. The Balaban J connectivity index is 3.02. The summed E-state index contributed by atoms with van der Waals surface area (Å²) in [6.45, 7) is 0. The third kappa shape index (κ3) is 3.33. The Kier molecular flexibility index (Phi) is 4.12. The van der Waals surface area contributed by atoms with Crippen LogP contribution in [-0.4, -0.2) is 24.1 Å². The highest BCUT2D eigenvalue weighted by atomic mass is 19.4. The van der Waals surface area contributed by atoms with Gasteiger partial charge in [-0.25, -0.2) is 0 Å². The molecule has 1 rings (SSSR count).